The third-order valence-corrected chi connectivity index (χ3v) is 4.56. The lowest BCUT2D eigenvalue weighted by atomic mass is 10.1. The van der Waals surface area contributed by atoms with Crippen molar-refractivity contribution in [2.24, 2.45) is 0 Å². The van der Waals surface area contributed by atoms with Crippen LogP contribution in [0.3, 0.4) is 0 Å². The molecule has 6 nitrogen and oxygen atoms in total. The SMILES string of the molecule is Cc1ccc(C)c(-n2nnc(-c3nc(-c4ccccc4Cl)no3)c2C)c1. The van der Waals surface area contributed by atoms with Crippen LogP contribution in [0.25, 0.3) is 28.7 Å². The molecule has 0 unspecified atom stereocenters. The summed E-state index contributed by atoms with van der Waals surface area (Å²) in [6.07, 6.45) is 0. The van der Waals surface area contributed by atoms with Crippen molar-refractivity contribution in [1.82, 2.24) is 25.1 Å². The first-order valence-electron chi connectivity index (χ1n) is 8.13. The van der Waals surface area contributed by atoms with Gasteiger partial charge in [0, 0.05) is 5.56 Å². The van der Waals surface area contributed by atoms with Crippen LogP contribution in [0.5, 0.6) is 0 Å². The second kappa shape index (κ2) is 6.38. The molecule has 0 radical (unpaired) electrons. The highest BCUT2D eigenvalue weighted by molar-refractivity contribution is 6.33. The highest BCUT2D eigenvalue weighted by Crippen LogP contribution is 2.28. The molecular formula is C19H16ClN5O. The van der Waals surface area contributed by atoms with Gasteiger partial charge in [-0.1, -0.05) is 46.2 Å². The summed E-state index contributed by atoms with van der Waals surface area (Å²) in [5.41, 5.74) is 5.33. The van der Waals surface area contributed by atoms with E-state index in [9.17, 15) is 0 Å². The highest BCUT2D eigenvalue weighted by Gasteiger charge is 2.20. The lowest BCUT2D eigenvalue weighted by Crippen LogP contribution is -2.02. The van der Waals surface area contributed by atoms with Gasteiger partial charge in [0.2, 0.25) is 5.82 Å². The third kappa shape index (κ3) is 2.78. The molecule has 2 aromatic heterocycles. The Morgan fingerprint density at radius 1 is 1.04 bits per heavy atom. The number of benzene rings is 2. The first kappa shape index (κ1) is 16.5. The second-order valence-corrected chi connectivity index (χ2v) is 6.54. The molecular weight excluding hydrogens is 350 g/mol. The number of nitrogens with zero attached hydrogens (tertiary/aromatic N) is 5. The number of hydrogen-bond donors (Lipinski definition) is 0. The average Bonchev–Trinajstić information content (AvgIpc) is 3.24. The Bertz CT molecular complexity index is 1100. The molecule has 2 aromatic carbocycles. The number of aromatic nitrogens is 5. The molecule has 7 heteroatoms. The largest absolute Gasteiger partial charge is 0.332 e. The van der Waals surface area contributed by atoms with Crippen molar-refractivity contribution in [3.63, 3.8) is 0 Å². The fourth-order valence-electron chi connectivity index (χ4n) is 2.77. The minimum atomic E-state index is 0.314. The topological polar surface area (TPSA) is 69.6 Å². The average molecular weight is 366 g/mol. The Morgan fingerprint density at radius 2 is 1.85 bits per heavy atom. The zero-order valence-corrected chi connectivity index (χ0v) is 15.3. The van der Waals surface area contributed by atoms with Crippen LogP contribution in [0.4, 0.5) is 0 Å². The number of aryl methyl sites for hydroxylation is 2. The Morgan fingerprint density at radius 3 is 2.65 bits per heavy atom. The molecule has 26 heavy (non-hydrogen) atoms. The number of hydrogen-bond acceptors (Lipinski definition) is 5. The molecule has 0 aliphatic heterocycles. The first-order chi connectivity index (χ1) is 12.5. The molecule has 0 aliphatic rings. The smallest absolute Gasteiger partial charge is 0.280 e. The van der Waals surface area contributed by atoms with Crippen molar-refractivity contribution < 1.29 is 4.52 Å². The molecule has 0 saturated carbocycles. The van der Waals surface area contributed by atoms with Gasteiger partial charge in [-0.05, 0) is 50.1 Å². The van der Waals surface area contributed by atoms with Crippen molar-refractivity contribution in [3.8, 4) is 28.7 Å². The Labute approximate surface area is 155 Å². The Hall–Kier alpha value is -2.99. The maximum atomic E-state index is 6.21. The van der Waals surface area contributed by atoms with Crippen LogP contribution in [-0.4, -0.2) is 25.1 Å². The van der Waals surface area contributed by atoms with Gasteiger partial charge in [-0.15, -0.1) is 5.10 Å². The molecule has 0 N–H and O–H groups in total. The maximum Gasteiger partial charge on any atom is 0.280 e. The van der Waals surface area contributed by atoms with Crippen molar-refractivity contribution in [3.05, 3.63) is 64.3 Å². The van der Waals surface area contributed by atoms with Crippen LogP contribution in [0.15, 0.2) is 47.0 Å². The van der Waals surface area contributed by atoms with Crippen molar-refractivity contribution in [2.45, 2.75) is 20.8 Å². The Kier molecular flexibility index (Phi) is 4.05. The predicted molar refractivity (Wildman–Crippen MR) is 99.3 cm³/mol. The number of rotatable bonds is 3. The molecule has 0 aliphatic carbocycles. The summed E-state index contributed by atoms with van der Waals surface area (Å²) >= 11 is 6.21. The fraction of sp³-hybridized carbons (Fsp3) is 0.158. The summed E-state index contributed by atoms with van der Waals surface area (Å²) in [5, 5.41) is 13.1. The van der Waals surface area contributed by atoms with Gasteiger partial charge < -0.3 is 4.52 Å². The van der Waals surface area contributed by atoms with Crippen molar-refractivity contribution in [1.29, 1.82) is 0 Å². The molecule has 0 spiro atoms. The van der Waals surface area contributed by atoms with Crippen LogP contribution in [0.2, 0.25) is 5.02 Å². The van der Waals surface area contributed by atoms with Crippen LogP contribution < -0.4 is 0 Å². The zero-order valence-electron chi connectivity index (χ0n) is 14.6. The maximum absolute atomic E-state index is 6.21. The van der Waals surface area contributed by atoms with Gasteiger partial charge in [0.1, 0.15) is 0 Å². The molecule has 0 atom stereocenters. The van der Waals surface area contributed by atoms with E-state index in [-0.39, 0.29) is 0 Å². The molecule has 2 heterocycles. The lowest BCUT2D eigenvalue weighted by Gasteiger charge is -2.08. The summed E-state index contributed by atoms with van der Waals surface area (Å²) in [4.78, 5) is 4.44. The molecule has 0 bridgehead atoms. The van der Waals surface area contributed by atoms with Gasteiger partial charge in [-0.3, -0.25) is 0 Å². The zero-order chi connectivity index (χ0) is 18.3. The van der Waals surface area contributed by atoms with Gasteiger partial charge in [0.25, 0.3) is 5.89 Å². The van der Waals surface area contributed by atoms with Gasteiger partial charge in [0.15, 0.2) is 5.69 Å². The fourth-order valence-corrected chi connectivity index (χ4v) is 3.00. The summed E-state index contributed by atoms with van der Waals surface area (Å²) in [5.74, 6) is 0.736. The van der Waals surface area contributed by atoms with E-state index < -0.39 is 0 Å². The van der Waals surface area contributed by atoms with Crippen LogP contribution in [-0.2, 0) is 0 Å². The van der Waals surface area contributed by atoms with E-state index >= 15 is 0 Å². The molecule has 130 valence electrons. The minimum Gasteiger partial charge on any atom is -0.332 e. The molecule has 4 rings (SSSR count). The quantitative estimate of drug-likeness (QED) is 0.532. The highest BCUT2D eigenvalue weighted by atomic mass is 35.5. The van der Waals surface area contributed by atoms with E-state index in [1.807, 2.05) is 39.0 Å². The molecule has 4 aromatic rings. The van der Waals surface area contributed by atoms with E-state index in [4.69, 9.17) is 16.1 Å². The van der Waals surface area contributed by atoms with E-state index in [1.165, 1.54) is 0 Å². The van der Waals surface area contributed by atoms with Crippen molar-refractivity contribution in [2.75, 3.05) is 0 Å². The molecule has 0 amide bonds. The monoisotopic (exact) mass is 365 g/mol. The van der Waals surface area contributed by atoms with Crippen LogP contribution >= 0.6 is 11.6 Å². The van der Waals surface area contributed by atoms with Gasteiger partial charge in [0.05, 0.1) is 16.4 Å². The van der Waals surface area contributed by atoms with Crippen molar-refractivity contribution >= 4 is 11.6 Å². The standard InChI is InChI=1S/C19H16ClN5O/c1-11-8-9-12(2)16(10-11)25-13(3)17(22-24-25)19-21-18(23-26-19)14-6-4-5-7-15(14)20/h4-10H,1-3H3. The number of halogens is 1. The third-order valence-electron chi connectivity index (χ3n) is 4.23. The van der Waals surface area contributed by atoms with Gasteiger partial charge >= 0.3 is 0 Å². The predicted octanol–water partition coefficient (Wildman–Crippen LogP) is 4.56. The second-order valence-electron chi connectivity index (χ2n) is 6.13. The first-order valence-corrected chi connectivity index (χ1v) is 8.51. The van der Waals surface area contributed by atoms with Gasteiger partial charge in [-0.25, -0.2) is 4.68 Å². The Balaban J connectivity index is 1.76. The summed E-state index contributed by atoms with van der Waals surface area (Å²) in [7, 11) is 0. The van der Waals surface area contributed by atoms with E-state index in [1.54, 1.807) is 10.7 Å². The summed E-state index contributed by atoms with van der Waals surface area (Å²) in [6.45, 7) is 6.01. The summed E-state index contributed by atoms with van der Waals surface area (Å²) in [6, 6.07) is 13.6. The van der Waals surface area contributed by atoms with E-state index in [0.717, 1.165) is 22.5 Å². The normalized spacial score (nSPS) is 11.1. The van der Waals surface area contributed by atoms with Crippen LogP contribution in [0, 0.1) is 20.8 Å². The lowest BCUT2D eigenvalue weighted by molar-refractivity contribution is 0.430. The van der Waals surface area contributed by atoms with Crippen LogP contribution in [0.1, 0.15) is 16.8 Å². The van der Waals surface area contributed by atoms with E-state index in [0.29, 0.717) is 28.0 Å². The molecule has 0 saturated heterocycles. The summed E-state index contributed by atoms with van der Waals surface area (Å²) < 4.78 is 7.20. The minimum absolute atomic E-state index is 0.314. The van der Waals surface area contributed by atoms with E-state index in [2.05, 4.69) is 38.7 Å². The van der Waals surface area contributed by atoms with Gasteiger partial charge in [-0.2, -0.15) is 4.98 Å². The molecule has 0 fully saturated rings.